The Labute approximate surface area is 150 Å². The van der Waals surface area contributed by atoms with E-state index in [0.717, 1.165) is 11.4 Å². The highest BCUT2D eigenvalue weighted by Gasteiger charge is 2.11. The number of nitrogens with zero attached hydrogens (tertiary/aromatic N) is 3. The third kappa shape index (κ3) is 4.74. The minimum Gasteiger partial charge on any atom is -0.345 e. The zero-order valence-electron chi connectivity index (χ0n) is 13.5. The highest BCUT2D eigenvalue weighted by Crippen LogP contribution is 2.18. The van der Waals surface area contributed by atoms with Crippen molar-refractivity contribution < 1.29 is 4.79 Å². The van der Waals surface area contributed by atoms with Crippen LogP contribution in [0.1, 0.15) is 22.0 Å². The lowest BCUT2D eigenvalue weighted by molar-refractivity contribution is 0.0945. The molecule has 0 aliphatic rings. The fourth-order valence-electron chi connectivity index (χ4n) is 2.19. The van der Waals surface area contributed by atoms with E-state index < -0.39 is 0 Å². The van der Waals surface area contributed by atoms with Crippen LogP contribution in [0, 0.1) is 6.92 Å². The zero-order chi connectivity index (χ0) is 17.6. The van der Waals surface area contributed by atoms with Crippen molar-refractivity contribution in [3.05, 3.63) is 77.0 Å². The molecule has 25 heavy (non-hydrogen) atoms. The van der Waals surface area contributed by atoms with Crippen molar-refractivity contribution in [1.29, 1.82) is 0 Å². The van der Waals surface area contributed by atoms with Gasteiger partial charge >= 0.3 is 0 Å². The van der Waals surface area contributed by atoms with Crippen LogP contribution in [0.4, 0.5) is 11.5 Å². The summed E-state index contributed by atoms with van der Waals surface area (Å²) >= 11 is 5.88. The highest BCUT2D eigenvalue weighted by molar-refractivity contribution is 6.30. The Balaban J connectivity index is 1.72. The number of aryl methyl sites for hydroxylation is 1. The number of carbonyl (C=O) groups excluding carboxylic acids is 1. The number of carbonyl (C=O) groups is 1. The summed E-state index contributed by atoms with van der Waals surface area (Å²) in [5, 5.41) is 6.59. The second-order valence-corrected chi connectivity index (χ2v) is 5.76. The lowest BCUT2D eigenvalue weighted by atomic mass is 10.3. The van der Waals surface area contributed by atoms with Gasteiger partial charge in [-0.25, -0.2) is 9.97 Å². The van der Waals surface area contributed by atoms with Gasteiger partial charge in [0, 0.05) is 23.0 Å². The van der Waals surface area contributed by atoms with Gasteiger partial charge < -0.3 is 10.6 Å². The maximum absolute atomic E-state index is 12.3. The van der Waals surface area contributed by atoms with E-state index in [0.29, 0.717) is 28.9 Å². The molecule has 2 aromatic heterocycles. The molecule has 0 saturated carbocycles. The van der Waals surface area contributed by atoms with E-state index in [1.54, 1.807) is 31.3 Å². The van der Waals surface area contributed by atoms with Crippen LogP contribution in [-0.2, 0) is 6.54 Å². The molecule has 0 unspecified atom stereocenters. The van der Waals surface area contributed by atoms with Gasteiger partial charge in [0.05, 0.1) is 12.2 Å². The number of hydrogen-bond acceptors (Lipinski definition) is 5. The van der Waals surface area contributed by atoms with Crippen LogP contribution in [0.3, 0.4) is 0 Å². The van der Waals surface area contributed by atoms with Gasteiger partial charge in [0.2, 0.25) is 0 Å². The molecule has 2 heterocycles. The number of rotatable bonds is 5. The molecule has 6 nitrogen and oxygen atoms in total. The predicted octanol–water partition coefficient (Wildman–Crippen LogP) is 3.51. The Hall–Kier alpha value is -2.99. The molecular weight excluding hydrogens is 338 g/mol. The van der Waals surface area contributed by atoms with Gasteiger partial charge in [-0.1, -0.05) is 17.7 Å². The minimum atomic E-state index is -0.282. The Kier molecular flexibility index (Phi) is 5.20. The fraction of sp³-hybridized carbons (Fsp3) is 0.111. The number of halogens is 1. The van der Waals surface area contributed by atoms with Gasteiger partial charge in [0.25, 0.3) is 5.91 Å². The Morgan fingerprint density at radius 1 is 1.12 bits per heavy atom. The number of hydrogen-bond donors (Lipinski definition) is 2. The van der Waals surface area contributed by atoms with Crippen molar-refractivity contribution in [2.24, 2.45) is 0 Å². The Bertz CT molecular complexity index is 868. The van der Waals surface area contributed by atoms with E-state index in [1.165, 1.54) is 0 Å². The molecule has 0 bridgehead atoms. The summed E-state index contributed by atoms with van der Waals surface area (Å²) < 4.78 is 0. The van der Waals surface area contributed by atoms with E-state index in [-0.39, 0.29) is 5.91 Å². The second-order valence-electron chi connectivity index (χ2n) is 5.32. The fourth-order valence-corrected chi connectivity index (χ4v) is 2.32. The van der Waals surface area contributed by atoms with Crippen molar-refractivity contribution in [3.8, 4) is 0 Å². The molecule has 0 spiro atoms. The maximum atomic E-state index is 12.3. The van der Waals surface area contributed by atoms with Gasteiger partial charge in [-0.2, -0.15) is 0 Å². The first-order chi connectivity index (χ1) is 12.1. The molecule has 0 atom stereocenters. The second kappa shape index (κ2) is 7.72. The first kappa shape index (κ1) is 16.9. The predicted molar refractivity (Wildman–Crippen MR) is 96.9 cm³/mol. The summed E-state index contributed by atoms with van der Waals surface area (Å²) in [6.45, 7) is 2.07. The van der Waals surface area contributed by atoms with E-state index in [1.807, 2.05) is 30.3 Å². The normalized spacial score (nSPS) is 10.3. The number of benzene rings is 1. The molecular formula is C18H16ClN5O. The number of anilines is 2. The largest absolute Gasteiger partial charge is 0.345 e. The van der Waals surface area contributed by atoms with Gasteiger partial charge in [0.15, 0.2) is 0 Å². The first-order valence-electron chi connectivity index (χ1n) is 7.66. The topological polar surface area (TPSA) is 79.8 Å². The van der Waals surface area contributed by atoms with Crippen LogP contribution in [0.5, 0.6) is 0 Å². The summed E-state index contributed by atoms with van der Waals surface area (Å²) in [5.74, 6) is 0.759. The highest BCUT2D eigenvalue weighted by atomic mass is 35.5. The van der Waals surface area contributed by atoms with Crippen molar-refractivity contribution in [3.63, 3.8) is 0 Å². The Morgan fingerprint density at radius 2 is 1.92 bits per heavy atom. The summed E-state index contributed by atoms with van der Waals surface area (Å²) in [5.41, 5.74) is 1.89. The Morgan fingerprint density at radius 3 is 2.64 bits per heavy atom. The summed E-state index contributed by atoms with van der Waals surface area (Å²) in [4.78, 5) is 25.0. The average molecular weight is 354 g/mol. The molecule has 126 valence electrons. The van der Waals surface area contributed by atoms with Gasteiger partial charge in [-0.15, -0.1) is 0 Å². The molecule has 0 radical (unpaired) electrons. The zero-order valence-corrected chi connectivity index (χ0v) is 14.3. The molecule has 0 fully saturated rings. The molecule has 3 rings (SSSR count). The number of pyridine rings is 1. The third-order valence-electron chi connectivity index (χ3n) is 3.34. The summed E-state index contributed by atoms with van der Waals surface area (Å²) in [7, 11) is 0. The van der Waals surface area contributed by atoms with Gasteiger partial charge in [-0.3, -0.25) is 9.78 Å². The average Bonchev–Trinajstić information content (AvgIpc) is 2.62. The minimum absolute atomic E-state index is 0.282. The van der Waals surface area contributed by atoms with E-state index in [2.05, 4.69) is 25.6 Å². The maximum Gasteiger partial charge on any atom is 0.270 e. The van der Waals surface area contributed by atoms with E-state index in [4.69, 9.17) is 11.6 Å². The molecule has 7 heteroatoms. The lowest BCUT2D eigenvalue weighted by Gasteiger charge is -2.09. The number of nitrogens with one attached hydrogen (secondary N) is 2. The van der Waals surface area contributed by atoms with Crippen molar-refractivity contribution in [1.82, 2.24) is 20.3 Å². The SMILES string of the molecule is Cc1nc(Nc2ccc(Cl)cc2)cc(C(=O)NCc2ccccn2)n1. The van der Waals surface area contributed by atoms with E-state index in [9.17, 15) is 4.79 Å². The number of amides is 1. The van der Waals surface area contributed by atoms with Crippen LogP contribution < -0.4 is 10.6 Å². The van der Waals surface area contributed by atoms with Crippen LogP contribution in [-0.4, -0.2) is 20.9 Å². The van der Waals surface area contributed by atoms with Gasteiger partial charge in [0.1, 0.15) is 17.3 Å². The third-order valence-corrected chi connectivity index (χ3v) is 3.60. The molecule has 0 aliphatic carbocycles. The standard InChI is InChI=1S/C18H16ClN5O/c1-12-22-16(18(25)21-11-15-4-2-3-9-20-15)10-17(23-12)24-14-7-5-13(19)6-8-14/h2-10H,11H2,1H3,(H,21,25)(H,22,23,24). The monoisotopic (exact) mass is 353 g/mol. The molecule has 2 N–H and O–H groups in total. The lowest BCUT2D eigenvalue weighted by Crippen LogP contribution is -2.24. The smallest absolute Gasteiger partial charge is 0.270 e. The van der Waals surface area contributed by atoms with Crippen molar-refractivity contribution in [2.45, 2.75) is 13.5 Å². The summed E-state index contributed by atoms with van der Waals surface area (Å²) in [6.07, 6.45) is 1.68. The summed E-state index contributed by atoms with van der Waals surface area (Å²) in [6, 6.07) is 14.4. The quantitative estimate of drug-likeness (QED) is 0.733. The van der Waals surface area contributed by atoms with Crippen molar-refractivity contribution >= 4 is 29.0 Å². The van der Waals surface area contributed by atoms with Crippen LogP contribution >= 0.6 is 11.6 Å². The van der Waals surface area contributed by atoms with Gasteiger partial charge in [-0.05, 0) is 43.3 Å². The van der Waals surface area contributed by atoms with Crippen LogP contribution in [0.2, 0.25) is 5.02 Å². The first-order valence-corrected chi connectivity index (χ1v) is 8.04. The molecule has 1 amide bonds. The molecule has 1 aromatic carbocycles. The van der Waals surface area contributed by atoms with Crippen LogP contribution in [0.15, 0.2) is 54.7 Å². The van der Waals surface area contributed by atoms with Crippen LogP contribution in [0.25, 0.3) is 0 Å². The molecule has 3 aromatic rings. The van der Waals surface area contributed by atoms with Crippen molar-refractivity contribution in [2.75, 3.05) is 5.32 Å². The molecule has 0 saturated heterocycles. The van der Waals surface area contributed by atoms with E-state index >= 15 is 0 Å². The number of aromatic nitrogens is 3. The molecule has 0 aliphatic heterocycles.